The molecule has 3 heteroatoms. The summed E-state index contributed by atoms with van der Waals surface area (Å²) in [4.78, 5) is 0. The highest BCUT2D eigenvalue weighted by atomic mass is 15.3. The van der Waals surface area contributed by atoms with E-state index in [0.717, 1.165) is 19.4 Å². The Kier molecular flexibility index (Phi) is 7.02. The third-order valence-electron chi connectivity index (χ3n) is 3.68. The standard InChI is InChI=1S/C15H29N3/c1-5-13(4)18-12-11-15(17-18)10-8-9-14(6-2)16-7-3/h11-14,16H,5-10H2,1-4H3. The molecule has 2 atom stereocenters. The molecule has 0 spiro atoms. The van der Waals surface area contributed by atoms with Gasteiger partial charge in [-0.2, -0.15) is 5.10 Å². The fraction of sp³-hybridized carbons (Fsp3) is 0.800. The summed E-state index contributed by atoms with van der Waals surface area (Å²) in [7, 11) is 0. The van der Waals surface area contributed by atoms with Crippen LogP contribution >= 0.6 is 0 Å². The summed E-state index contributed by atoms with van der Waals surface area (Å²) >= 11 is 0. The monoisotopic (exact) mass is 251 g/mol. The maximum absolute atomic E-state index is 4.65. The predicted octanol–water partition coefficient (Wildman–Crippen LogP) is 3.56. The van der Waals surface area contributed by atoms with Crippen molar-refractivity contribution in [3.8, 4) is 0 Å². The van der Waals surface area contributed by atoms with Crippen molar-refractivity contribution in [1.29, 1.82) is 0 Å². The molecule has 1 aromatic rings. The second-order valence-electron chi connectivity index (χ2n) is 5.10. The van der Waals surface area contributed by atoms with Gasteiger partial charge in [-0.25, -0.2) is 0 Å². The molecule has 1 aromatic heterocycles. The Labute approximate surface area is 112 Å². The van der Waals surface area contributed by atoms with Crippen LogP contribution in [0.2, 0.25) is 0 Å². The van der Waals surface area contributed by atoms with Crippen molar-refractivity contribution in [3.05, 3.63) is 18.0 Å². The molecule has 0 aliphatic rings. The molecule has 3 nitrogen and oxygen atoms in total. The Morgan fingerprint density at radius 3 is 2.67 bits per heavy atom. The molecule has 0 aromatic carbocycles. The average molecular weight is 251 g/mol. The van der Waals surface area contributed by atoms with Crippen molar-refractivity contribution in [3.63, 3.8) is 0 Å². The summed E-state index contributed by atoms with van der Waals surface area (Å²) < 4.78 is 2.09. The number of nitrogens with one attached hydrogen (secondary N) is 1. The highest BCUT2D eigenvalue weighted by Gasteiger charge is 2.07. The molecule has 0 saturated heterocycles. The lowest BCUT2D eigenvalue weighted by Gasteiger charge is -2.14. The number of rotatable bonds is 9. The largest absolute Gasteiger partial charge is 0.314 e. The molecule has 0 fully saturated rings. The van der Waals surface area contributed by atoms with Crippen LogP contribution in [0.15, 0.2) is 12.3 Å². The van der Waals surface area contributed by atoms with Crippen LogP contribution in [-0.4, -0.2) is 22.4 Å². The lowest BCUT2D eigenvalue weighted by Crippen LogP contribution is -2.28. The molecule has 0 amide bonds. The molecule has 1 N–H and O–H groups in total. The number of hydrogen-bond acceptors (Lipinski definition) is 2. The smallest absolute Gasteiger partial charge is 0.0624 e. The molecular formula is C15H29N3. The van der Waals surface area contributed by atoms with Crippen LogP contribution in [0.4, 0.5) is 0 Å². The molecule has 1 rings (SSSR count). The van der Waals surface area contributed by atoms with Gasteiger partial charge in [0.05, 0.1) is 5.69 Å². The van der Waals surface area contributed by atoms with Gasteiger partial charge in [0.15, 0.2) is 0 Å². The number of nitrogens with zero attached hydrogens (tertiary/aromatic N) is 2. The molecular weight excluding hydrogens is 222 g/mol. The van der Waals surface area contributed by atoms with Gasteiger partial charge in [-0.1, -0.05) is 20.8 Å². The van der Waals surface area contributed by atoms with Crippen molar-refractivity contribution < 1.29 is 0 Å². The van der Waals surface area contributed by atoms with Crippen LogP contribution < -0.4 is 5.32 Å². The summed E-state index contributed by atoms with van der Waals surface area (Å²) in [5, 5.41) is 8.17. The Hall–Kier alpha value is -0.830. The van der Waals surface area contributed by atoms with Gasteiger partial charge in [0.25, 0.3) is 0 Å². The zero-order valence-electron chi connectivity index (χ0n) is 12.4. The van der Waals surface area contributed by atoms with Crippen molar-refractivity contribution in [2.24, 2.45) is 0 Å². The van der Waals surface area contributed by atoms with E-state index < -0.39 is 0 Å². The molecule has 2 unspecified atom stereocenters. The van der Waals surface area contributed by atoms with Crippen LogP contribution in [0, 0.1) is 0 Å². The number of aromatic nitrogens is 2. The summed E-state index contributed by atoms with van der Waals surface area (Å²) in [5.74, 6) is 0. The van der Waals surface area contributed by atoms with Crippen LogP contribution in [0.5, 0.6) is 0 Å². The molecule has 0 aliphatic heterocycles. The second kappa shape index (κ2) is 8.30. The zero-order chi connectivity index (χ0) is 13.4. The van der Waals surface area contributed by atoms with Gasteiger partial charge in [0.1, 0.15) is 0 Å². The van der Waals surface area contributed by atoms with E-state index in [1.165, 1.54) is 25.0 Å². The quantitative estimate of drug-likeness (QED) is 0.727. The third-order valence-corrected chi connectivity index (χ3v) is 3.68. The highest BCUT2D eigenvalue weighted by Crippen LogP contribution is 2.11. The molecule has 0 radical (unpaired) electrons. The Morgan fingerprint density at radius 2 is 2.06 bits per heavy atom. The average Bonchev–Trinajstić information content (AvgIpc) is 2.85. The second-order valence-corrected chi connectivity index (χ2v) is 5.10. The molecule has 104 valence electrons. The van der Waals surface area contributed by atoms with Crippen molar-refractivity contribution in [2.45, 2.75) is 71.9 Å². The fourth-order valence-electron chi connectivity index (χ4n) is 2.21. The van der Waals surface area contributed by atoms with Crippen LogP contribution in [0.25, 0.3) is 0 Å². The van der Waals surface area contributed by atoms with Gasteiger partial charge in [-0.3, -0.25) is 4.68 Å². The van der Waals surface area contributed by atoms with Crippen LogP contribution in [0.3, 0.4) is 0 Å². The van der Waals surface area contributed by atoms with Gasteiger partial charge in [-0.15, -0.1) is 0 Å². The fourth-order valence-corrected chi connectivity index (χ4v) is 2.21. The maximum Gasteiger partial charge on any atom is 0.0624 e. The van der Waals surface area contributed by atoms with Gasteiger partial charge < -0.3 is 5.32 Å². The van der Waals surface area contributed by atoms with E-state index in [-0.39, 0.29) is 0 Å². The summed E-state index contributed by atoms with van der Waals surface area (Å²) in [6.07, 6.45) is 8.05. The van der Waals surface area contributed by atoms with Gasteiger partial charge >= 0.3 is 0 Å². The normalized spacial score (nSPS) is 14.7. The SMILES string of the molecule is CCNC(CC)CCCc1ccn(C(C)CC)n1. The van der Waals surface area contributed by atoms with E-state index in [1.54, 1.807) is 0 Å². The number of hydrogen-bond donors (Lipinski definition) is 1. The highest BCUT2D eigenvalue weighted by molar-refractivity contribution is 4.99. The first-order chi connectivity index (χ1) is 8.71. The van der Waals surface area contributed by atoms with E-state index in [4.69, 9.17) is 0 Å². The zero-order valence-corrected chi connectivity index (χ0v) is 12.4. The lowest BCUT2D eigenvalue weighted by molar-refractivity contribution is 0.457. The van der Waals surface area contributed by atoms with E-state index >= 15 is 0 Å². The van der Waals surface area contributed by atoms with Gasteiger partial charge in [0, 0.05) is 18.3 Å². The summed E-state index contributed by atoms with van der Waals surface area (Å²) in [6, 6.07) is 3.36. The molecule has 0 bridgehead atoms. The minimum atomic E-state index is 0.517. The first-order valence-corrected chi connectivity index (χ1v) is 7.48. The Morgan fingerprint density at radius 1 is 1.28 bits per heavy atom. The lowest BCUT2D eigenvalue weighted by atomic mass is 10.1. The summed E-state index contributed by atoms with van der Waals surface area (Å²) in [5.41, 5.74) is 1.24. The molecule has 18 heavy (non-hydrogen) atoms. The van der Waals surface area contributed by atoms with Gasteiger partial charge in [0.2, 0.25) is 0 Å². The third kappa shape index (κ3) is 4.81. The van der Waals surface area contributed by atoms with E-state index in [1.807, 2.05) is 0 Å². The number of aryl methyl sites for hydroxylation is 1. The Bertz CT molecular complexity index is 319. The van der Waals surface area contributed by atoms with Crippen LogP contribution in [0.1, 0.15) is 65.1 Å². The van der Waals surface area contributed by atoms with Crippen molar-refractivity contribution in [2.75, 3.05) is 6.54 Å². The summed E-state index contributed by atoms with van der Waals surface area (Å²) in [6.45, 7) is 9.92. The molecule has 1 heterocycles. The van der Waals surface area contributed by atoms with E-state index in [2.05, 4.69) is 55.1 Å². The van der Waals surface area contributed by atoms with Crippen molar-refractivity contribution >= 4 is 0 Å². The first kappa shape index (κ1) is 15.2. The minimum absolute atomic E-state index is 0.517. The topological polar surface area (TPSA) is 29.9 Å². The maximum atomic E-state index is 4.65. The predicted molar refractivity (Wildman–Crippen MR) is 77.9 cm³/mol. The van der Waals surface area contributed by atoms with E-state index in [9.17, 15) is 0 Å². The van der Waals surface area contributed by atoms with Crippen molar-refractivity contribution in [1.82, 2.24) is 15.1 Å². The molecule has 0 saturated carbocycles. The van der Waals surface area contributed by atoms with E-state index in [0.29, 0.717) is 12.1 Å². The first-order valence-electron chi connectivity index (χ1n) is 7.48. The minimum Gasteiger partial charge on any atom is -0.314 e. The van der Waals surface area contributed by atoms with Gasteiger partial charge in [-0.05, 0) is 51.6 Å². The Balaban J connectivity index is 2.32. The molecule has 0 aliphatic carbocycles. The van der Waals surface area contributed by atoms with Crippen LogP contribution in [-0.2, 0) is 6.42 Å².